The molecule has 1 saturated heterocycles. The van der Waals surface area contributed by atoms with Gasteiger partial charge in [-0.1, -0.05) is 24.6 Å². The number of aryl methyl sites for hydroxylation is 1. The van der Waals surface area contributed by atoms with Crippen LogP contribution in [0.25, 0.3) is 0 Å². The van der Waals surface area contributed by atoms with E-state index in [4.69, 9.17) is 16.3 Å². The number of aromatic amines is 1. The minimum absolute atomic E-state index is 0.142. The molecule has 7 heteroatoms. The summed E-state index contributed by atoms with van der Waals surface area (Å²) >= 11 is 6.08. The van der Waals surface area contributed by atoms with Crippen molar-refractivity contribution in [3.63, 3.8) is 0 Å². The van der Waals surface area contributed by atoms with Crippen LogP contribution in [-0.4, -0.2) is 46.3 Å². The number of nitrogens with one attached hydrogen (secondary N) is 1. The van der Waals surface area contributed by atoms with Gasteiger partial charge in [-0.2, -0.15) is 5.10 Å². The Morgan fingerprint density at radius 1 is 1.48 bits per heavy atom. The molecule has 1 aliphatic rings. The summed E-state index contributed by atoms with van der Waals surface area (Å²) in [6.45, 7) is 4.88. The third-order valence-electron chi connectivity index (χ3n) is 4.06. The first-order valence-corrected chi connectivity index (χ1v) is 8.23. The number of ether oxygens (including phenoxy) is 1. The minimum Gasteiger partial charge on any atom is -0.367 e. The molecule has 0 aliphatic carbocycles. The Balaban J connectivity index is 1.60. The number of nitrogens with zero attached hydrogens (tertiary/aromatic N) is 3. The van der Waals surface area contributed by atoms with Crippen molar-refractivity contribution >= 4 is 11.6 Å². The first kappa shape index (κ1) is 16.4. The van der Waals surface area contributed by atoms with Crippen LogP contribution in [0.2, 0.25) is 5.02 Å². The second kappa shape index (κ2) is 7.38. The SMILES string of the molecule is CCc1nc([C@H]2CN(CCc3c(F)cccc3Cl)CCO2)n[nH]1. The Bertz CT molecular complexity index is 643. The zero-order valence-electron chi connectivity index (χ0n) is 13.1. The third-order valence-corrected chi connectivity index (χ3v) is 4.42. The average molecular weight is 339 g/mol. The van der Waals surface area contributed by atoms with Crippen LogP contribution in [0, 0.1) is 5.82 Å². The van der Waals surface area contributed by atoms with Gasteiger partial charge in [-0.25, -0.2) is 9.37 Å². The zero-order chi connectivity index (χ0) is 16.2. The van der Waals surface area contributed by atoms with Crippen molar-refractivity contribution in [2.45, 2.75) is 25.9 Å². The Morgan fingerprint density at radius 2 is 2.35 bits per heavy atom. The van der Waals surface area contributed by atoms with Crippen LogP contribution >= 0.6 is 11.6 Å². The van der Waals surface area contributed by atoms with Gasteiger partial charge in [0.25, 0.3) is 0 Å². The van der Waals surface area contributed by atoms with Crippen molar-refractivity contribution in [1.82, 2.24) is 20.1 Å². The van der Waals surface area contributed by atoms with E-state index in [0.717, 1.165) is 25.3 Å². The number of halogens is 2. The van der Waals surface area contributed by atoms with E-state index in [2.05, 4.69) is 20.1 Å². The fourth-order valence-electron chi connectivity index (χ4n) is 2.72. The summed E-state index contributed by atoms with van der Waals surface area (Å²) in [5.41, 5.74) is 0.573. The largest absolute Gasteiger partial charge is 0.367 e. The second-order valence-corrected chi connectivity index (χ2v) is 6.01. The van der Waals surface area contributed by atoms with E-state index in [1.807, 2.05) is 6.92 Å². The fraction of sp³-hybridized carbons (Fsp3) is 0.500. The number of hydrogen-bond acceptors (Lipinski definition) is 4. The predicted molar refractivity (Wildman–Crippen MR) is 86.0 cm³/mol. The van der Waals surface area contributed by atoms with Gasteiger partial charge in [-0.3, -0.25) is 10.00 Å². The van der Waals surface area contributed by atoms with E-state index in [0.29, 0.717) is 36.0 Å². The van der Waals surface area contributed by atoms with Crippen molar-refractivity contribution in [1.29, 1.82) is 0 Å². The van der Waals surface area contributed by atoms with E-state index < -0.39 is 0 Å². The van der Waals surface area contributed by atoms with Gasteiger partial charge in [-0.15, -0.1) is 0 Å². The lowest BCUT2D eigenvalue weighted by molar-refractivity contribution is -0.0338. The van der Waals surface area contributed by atoms with Gasteiger partial charge in [0.2, 0.25) is 0 Å². The van der Waals surface area contributed by atoms with E-state index in [1.54, 1.807) is 12.1 Å². The summed E-state index contributed by atoms with van der Waals surface area (Å²) < 4.78 is 19.6. The fourth-order valence-corrected chi connectivity index (χ4v) is 2.97. The van der Waals surface area contributed by atoms with Crippen LogP contribution in [0.3, 0.4) is 0 Å². The van der Waals surface area contributed by atoms with Gasteiger partial charge >= 0.3 is 0 Å². The topological polar surface area (TPSA) is 54.0 Å². The maximum Gasteiger partial charge on any atom is 0.180 e. The van der Waals surface area contributed by atoms with Crippen molar-refractivity contribution < 1.29 is 9.13 Å². The lowest BCUT2D eigenvalue weighted by atomic mass is 10.1. The monoisotopic (exact) mass is 338 g/mol. The molecule has 1 aromatic heterocycles. The smallest absolute Gasteiger partial charge is 0.180 e. The Labute approximate surface area is 139 Å². The summed E-state index contributed by atoms with van der Waals surface area (Å²) in [7, 11) is 0. The number of morpholine rings is 1. The van der Waals surface area contributed by atoms with E-state index in [-0.39, 0.29) is 11.9 Å². The zero-order valence-corrected chi connectivity index (χ0v) is 13.8. The van der Waals surface area contributed by atoms with Gasteiger partial charge in [0.1, 0.15) is 17.7 Å². The first-order valence-electron chi connectivity index (χ1n) is 7.85. The molecule has 0 spiro atoms. The van der Waals surface area contributed by atoms with Crippen LogP contribution in [-0.2, 0) is 17.6 Å². The van der Waals surface area contributed by atoms with Gasteiger partial charge < -0.3 is 4.74 Å². The molecule has 23 heavy (non-hydrogen) atoms. The van der Waals surface area contributed by atoms with Gasteiger partial charge in [-0.05, 0) is 18.6 Å². The molecule has 0 radical (unpaired) electrons. The van der Waals surface area contributed by atoms with Gasteiger partial charge in [0, 0.05) is 36.6 Å². The molecule has 2 aromatic rings. The molecular formula is C16H20ClFN4O. The molecule has 2 heterocycles. The number of aromatic nitrogens is 3. The molecule has 1 atom stereocenters. The number of rotatable bonds is 5. The summed E-state index contributed by atoms with van der Waals surface area (Å²) in [6.07, 6.45) is 1.25. The lowest BCUT2D eigenvalue weighted by Crippen LogP contribution is -2.39. The summed E-state index contributed by atoms with van der Waals surface area (Å²) in [5.74, 6) is 1.30. The molecule has 1 aromatic carbocycles. The number of H-pyrrole nitrogens is 1. The minimum atomic E-state index is -0.246. The van der Waals surface area contributed by atoms with Crippen molar-refractivity contribution in [3.05, 3.63) is 46.3 Å². The molecule has 0 saturated carbocycles. The first-order chi connectivity index (χ1) is 11.2. The highest BCUT2D eigenvalue weighted by Gasteiger charge is 2.25. The highest BCUT2D eigenvalue weighted by Crippen LogP contribution is 2.22. The van der Waals surface area contributed by atoms with Crippen molar-refractivity contribution in [2.75, 3.05) is 26.2 Å². The van der Waals surface area contributed by atoms with Crippen LogP contribution in [0.4, 0.5) is 4.39 Å². The van der Waals surface area contributed by atoms with Crippen molar-refractivity contribution in [3.8, 4) is 0 Å². The molecule has 1 N–H and O–H groups in total. The van der Waals surface area contributed by atoms with Gasteiger partial charge in [0.15, 0.2) is 5.82 Å². The average Bonchev–Trinajstić information content (AvgIpc) is 3.04. The lowest BCUT2D eigenvalue weighted by Gasteiger charge is -2.31. The molecule has 0 unspecified atom stereocenters. The van der Waals surface area contributed by atoms with Crippen LogP contribution in [0.5, 0.6) is 0 Å². The normalized spacial score (nSPS) is 19.2. The number of hydrogen-bond donors (Lipinski definition) is 1. The Kier molecular flexibility index (Phi) is 5.25. The number of benzene rings is 1. The summed E-state index contributed by atoms with van der Waals surface area (Å²) in [6, 6.07) is 4.80. The standard InChI is InChI=1S/C16H20ClFN4O/c1-2-15-19-16(21-20-15)14-10-22(8-9-23-14)7-6-11-12(17)4-3-5-13(11)18/h3-5,14H,2,6-10H2,1H3,(H,19,20,21)/t14-/m1/s1. The third kappa shape index (κ3) is 3.88. The second-order valence-electron chi connectivity index (χ2n) is 5.60. The molecule has 124 valence electrons. The predicted octanol–water partition coefficient (Wildman–Crippen LogP) is 2.78. The molecule has 1 aliphatic heterocycles. The molecule has 0 amide bonds. The molecule has 1 fully saturated rings. The van der Waals surface area contributed by atoms with E-state index in [1.165, 1.54) is 6.07 Å². The quantitative estimate of drug-likeness (QED) is 0.910. The maximum absolute atomic E-state index is 13.8. The van der Waals surface area contributed by atoms with Crippen LogP contribution < -0.4 is 0 Å². The Hall–Kier alpha value is -1.50. The highest BCUT2D eigenvalue weighted by atomic mass is 35.5. The van der Waals surface area contributed by atoms with E-state index >= 15 is 0 Å². The maximum atomic E-state index is 13.8. The van der Waals surface area contributed by atoms with Crippen LogP contribution in [0.15, 0.2) is 18.2 Å². The van der Waals surface area contributed by atoms with Crippen molar-refractivity contribution in [2.24, 2.45) is 0 Å². The van der Waals surface area contributed by atoms with Crippen LogP contribution in [0.1, 0.15) is 30.2 Å². The Morgan fingerprint density at radius 3 is 3.09 bits per heavy atom. The molecular weight excluding hydrogens is 319 g/mol. The molecule has 3 rings (SSSR count). The van der Waals surface area contributed by atoms with Gasteiger partial charge in [0.05, 0.1) is 6.61 Å². The molecule has 0 bridgehead atoms. The van der Waals surface area contributed by atoms with E-state index in [9.17, 15) is 4.39 Å². The summed E-state index contributed by atoms with van der Waals surface area (Å²) in [4.78, 5) is 6.67. The summed E-state index contributed by atoms with van der Waals surface area (Å²) in [5, 5.41) is 7.62. The highest BCUT2D eigenvalue weighted by molar-refractivity contribution is 6.31. The molecule has 5 nitrogen and oxygen atoms in total.